The lowest BCUT2D eigenvalue weighted by Gasteiger charge is -2.08. The van der Waals surface area contributed by atoms with Gasteiger partial charge in [0, 0.05) is 5.92 Å². The number of halogens is 6. The number of alkyl halides is 5. The summed E-state index contributed by atoms with van der Waals surface area (Å²) in [6, 6.07) is 0. The molecule has 0 saturated heterocycles. The van der Waals surface area contributed by atoms with Crippen LogP contribution in [0.5, 0.6) is 0 Å². The van der Waals surface area contributed by atoms with E-state index in [0.29, 0.717) is 5.69 Å². The molecule has 0 aromatic carbocycles. The zero-order valence-corrected chi connectivity index (χ0v) is 15.0. The predicted octanol–water partition coefficient (Wildman–Crippen LogP) is 3.72. The van der Waals surface area contributed by atoms with Crippen LogP contribution in [0.3, 0.4) is 0 Å². The Morgan fingerprint density at radius 3 is 2.71 bits per heavy atom. The smallest absolute Gasteiger partial charge is 0.350 e. The SMILES string of the molecule is O=C(Cn1nc(C(F)F)c(Cl)c1C1CC1)Nc1cnn(COCC(F)(F)F)c1. The molecule has 1 aliphatic carbocycles. The Morgan fingerprint density at radius 1 is 1.39 bits per heavy atom. The van der Waals surface area contributed by atoms with E-state index in [1.54, 1.807) is 0 Å². The van der Waals surface area contributed by atoms with Crippen LogP contribution in [0.4, 0.5) is 27.6 Å². The Kier molecular flexibility index (Phi) is 5.89. The number of rotatable bonds is 8. The van der Waals surface area contributed by atoms with Crippen molar-refractivity contribution in [2.45, 2.75) is 44.6 Å². The summed E-state index contributed by atoms with van der Waals surface area (Å²) in [6.07, 6.45) is -3.26. The van der Waals surface area contributed by atoms with Gasteiger partial charge in [0.2, 0.25) is 5.91 Å². The van der Waals surface area contributed by atoms with Crippen molar-refractivity contribution in [3.05, 3.63) is 28.8 Å². The Hall–Kier alpha value is -2.21. The highest BCUT2D eigenvalue weighted by molar-refractivity contribution is 6.32. The van der Waals surface area contributed by atoms with Crippen molar-refractivity contribution in [2.75, 3.05) is 11.9 Å². The molecule has 28 heavy (non-hydrogen) atoms. The fourth-order valence-electron chi connectivity index (χ4n) is 2.57. The van der Waals surface area contributed by atoms with Crippen molar-refractivity contribution < 1.29 is 31.5 Å². The number of carbonyl (C=O) groups excluding carboxylic acids is 1. The van der Waals surface area contributed by atoms with Crippen LogP contribution in [0.2, 0.25) is 5.02 Å². The van der Waals surface area contributed by atoms with E-state index in [1.807, 2.05) is 0 Å². The number of amides is 1. The fourth-order valence-corrected chi connectivity index (χ4v) is 2.94. The summed E-state index contributed by atoms with van der Waals surface area (Å²) < 4.78 is 68.8. The van der Waals surface area contributed by atoms with Crippen molar-refractivity contribution in [2.24, 2.45) is 0 Å². The van der Waals surface area contributed by atoms with Gasteiger partial charge in [0.1, 0.15) is 25.6 Å². The number of nitrogens with one attached hydrogen (secondary N) is 1. The molecule has 7 nitrogen and oxygen atoms in total. The molecule has 13 heteroatoms. The van der Waals surface area contributed by atoms with Crippen molar-refractivity contribution in [1.82, 2.24) is 19.6 Å². The molecule has 0 spiro atoms. The predicted molar refractivity (Wildman–Crippen MR) is 87.0 cm³/mol. The lowest BCUT2D eigenvalue weighted by atomic mass is 10.2. The van der Waals surface area contributed by atoms with Gasteiger partial charge in [-0.05, 0) is 12.8 Å². The summed E-state index contributed by atoms with van der Waals surface area (Å²) in [5.41, 5.74) is 0.0512. The first-order valence-corrected chi connectivity index (χ1v) is 8.53. The van der Waals surface area contributed by atoms with Gasteiger partial charge in [0.05, 0.1) is 28.8 Å². The normalized spacial score (nSPS) is 14.7. The average Bonchev–Trinajstić information content (AvgIpc) is 3.22. The maximum atomic E-state index is 13.0. The van der Waals surface area contributed by atoms with E-state index in [0.717, 1.165) is 22.2 Å². The van der Waals surface area contributed by atoms with Gasteiger partial charge in [-0.25, -0.2) is 13.5 Å². The van der Waals surface area contributed by atoms with Crippen LogP contribution in [0.15, 0.2) is 12.4 Å². The van der Waals surface area contributed by atoms with E-state index in [9.17, 15) is 26.7 Å². The zero-order chi connectivity index (χ0) is 20.5. The summed E-state index contributed by atoms with van der Waals surface area (Å²) in [5, 5.41) is 9.85. The second-order valence-electron chi connectivity index (χ2n) is 6.23. The monoisotopic (exact) mass is 427 g/mol. The summed E-state index contributed by atoms with van der Waals surface area (Å²) in [7, 11) is 0. The number of nitrogens with zero attached hydrogens (tertiary/aromatic N) is 4. The van der Waals surface area contributed by atoms with Crippen molar-refractivity contribution >= 4 is 23.2 Å². The summed E-state index contributed by atoms with van der Waals surface area (Å²) in [4.78, 5) is 12.2. The maximum Gasteiger partial charge on any atom is 0.411 e. The Balaban J connectivity index is 1.60. The van der Waals surface area contributed by atoms with Gasteiger partial charge in [-0.3, -0.25) is 9.48 Å². The minimum atomic E-state index is -4.45. The highest BCUT2D eigenvalue weighted by Gasteiger charge is 2.34. The van der Waals surface area contributed by atoms with Gasteiger partial charge in [0.15, 0.2) is 0 Å². The second-order valence-corrected chi connectivity index (χ2v) is 6.60. The molecule has 154 valence electrons. The van der Waals surface area contributed by atoms with Crippen LogP contribution in [0, 0.1) is 0 Å². The molecule has 1 fully saturated rings. The first-order chi connectivity index (χ1) is 13.1. The Bertz CT molecular complexity index is 846. The van der Waals surface area contributed by atoms with E-state index in [4.69, 9.17) is 11.6 Å². The van der Waals surface area contributed by atoms with Gasteiger partial charge in [-0.1, -0.05) is 11.6 Å². The lowest BCUT2D eigenvalue weighted by molar-refractivity contribution is -0.182. The number of ether oxygens (including phenoxy) is 1. The molecule has 2 heterocycles. The third kappa shape index (κ3) is 5.19. The molecule has 0 aliphatic heterocycles. The quantitative estimate of drug-likeness (QED) is 0.652. The molecule has 1 N–H and O–H groups in total. The minimum absolute atomic E-state index is 0.00571. The molecule has 0 unspecified atom stereocenters. The molecule has 1 saturated carbocycles. The average molecular weight is 428 g/mol. The van der Waals surface area contributed by atoms with E-state index < -0.39 is 37.5 Å². The van der Waals surface area contributed by atoms with Gasteiger partial charge >= 0.3 is 6.18 Å². The first-order valence-electron chi connectivity index (χ1n) is 8.15. The fraction of sp³-hybridized carbons (Fsp3) is 0.533. The molecular formula is C15H15ClF5N5O2. The Labute approximate surface area is 160 Å². The van der Waals surface area contributed by atoms with Gasteiger partial charge < -0.3 is 10.1 Å². The van der Waals surface area contributed by atoms with Crippen LogP contribution in [-0.2, 0) is 22.8 Å². The van der Waals surface area contributed by atoms with E-state index >= 15 is 0 Å². The number of aromatic nitrogens is 4. The molecule has 0 atom stereocenters. The van der Waals surface area contributed by atoms with Crippen molar-refractivity contribution in [3.63, 3.8) is 0 Å². The van der Waals surface area contributed by atoms with Crippen LogP contribution in [0.25, 0.3) is 0 Å². The van der Waals surface area contributed by atoms with Crippen LogP contribution in [0.1, 0.15) is 36.6 Å². The Morgan fingerprint density at radius 2 is 2.11 bits per heavy atom. The van der Waals surface area contributed by atoms with Crippen LogP contribution < -0.4 is 5.32 Å². The minimum Gasteiger partial charge on any atom is -0.350 e. The highest BCUT2D eigenvalue weighted by atomic mass is 35.5. The van der Waals surface area contributed by atoms with Gasteiger partial charge in [-0.15, -0.1) is 0 Å². The standard InChI is InChI=1S/C15H15ClF5N5O2/c16-11-12(14(17)18)24-26(13(11)8-1-2-8)5-10(27)23-9-3-22-25(4-9)7-28-6-15(19,20)21/h3-4,8,14H,1-2,5-7H2,(H,23,27). The molecule has 0 bridgehead atoms. The van der Waals surface area contributed by atoms with Gasteiger partial charge in [-0.2, -0.15) is 23.4 Å². The van der Waals surface area contributed by atoms with Crippen LogP contribution in [-0.4, -0.2) is 38.3 Å². The zero-order valence-electron chi connectivity index (χ0n) is 14.2. The summed E-state index contributed by atoms with van der Waals surface area (Å²) in [5.74, 6) is -0.577. The molecule has 0 radical (unpaired) electrons. The molecule has 2 aromatic heterocycles. The summed E-state index contributed by atoms with van der Waals surface area (Å²) in [6.45, 7) is -2.22. The van der Waals surface area contributed by atoms with Gasteiger partial charge in [0.25, 0.3) is 6.43 Å². The number of hydrogen-bond acceptors (Lipinski definition) is 4. The topological polar surface area (TPSA) is 74.0 Å². The van der Waals surface area contributed by atoms with E-state index in [1.165, 1.54) is 12.4 Å². The molecule has 1 amide bonds. The van der Waals surface area contributed by atoms with Crippen molar-refractivity contribution in [3.8, 4) is 0 Å². The second kappa shape index (κ2) is 8.03. The lowest BCUT2D eigenvalue weighted by Crippen LogP contribution is -2.21. The van der Waals surface area contributed by atoms with Crippen molar-refractivity contribution in [1.29, 1.82) is 0 Å². The molecule has 2 aromatic rings. The third-order valence-corrected chi connectivity index (χ3v) is 4.21. The maximum absolute atomic E-state index is 13.0. The van der Waals surface area contributed by atoms with E-state index in [-0.39, 0.29) is 23.2 Å². The molecular weight excluding hydrogens is 413 g/mol. The third-order valence-electron chi connectivity index (χ3n) is 3.83. The highest BCUT2D eigenvalue weighted by Crippen LogP contribution is 2.45. The molecule has 3 rings (SSSR count). The number of hydrogen-bond donors (Lipinski definition) is 1. The summed E-state index contributed by atoms with van der Waals surface area (Å²) >= 11 is 5.98. The van der Waals surface area contributed by atoms with E-state index in [2.05, 4.69) is 20.3 Å². The van der Waals surface area contributed by atoms with Crippen LogP contribution >= 0.6 is 11.6 Å². The first kappa shape index (κ1) is 20.5. The molecule has 1 aliphatic rings. The number of carbonyl (C=O) groups is 1. The number of anilines is 1. The largest absolute Gasteiger partial charge is 0.411 e.